The van der Waals surface area contributed by atoms with Crippen molar-refractivity contribution in [2.75, 3.05) is 6.61 Å². The van der Waals surface area contributed by atoms with E-state index in [1.165, 1.54) is 6.07 Å². The molecule has 5 atom stereocenters. The predicted molar refractivity (Wildman–Crippen MR) is 110 cm³/mol. The Bertz CT molecular complexity index is 1050. The summed E-state index contributed by atoms with van der Waals surface area (Å²) in [4.78, 5) is 0. The Morgan fingerprint density at radius 3 is 2.33 bits per heavy atom. The Morgan fingerprint density at radius 2 is 1.67 bits per heavy atom. The molecule has 1 fully saturated rings. The third-order valence-corrected chi connectivity index (χ3v) is 5.77. The van der Waals surface area contributed by atoms with Crippen LogP contribution in [0.5, 0.6) is 0 Å². The fourth-order valence-corrected chi connectivity index (χ4v) is 4.15. The van der Waals surface area contributed by atoms with Crippen molar-refractivity contribution in [3.63, 3.8) is 0 Å². The summed E-state index contributed by atoms with van der Waals surface area (Å²) >= 11 is 0. The van der Waals surface area contributed by atoms with Gasteiger partial charge in [-0.15, -0.1) is 0 Å². The van der Waals surface area contributed by atoms with Gasteiger partial charge in [0.1, 0.15) is 36.3 Å². The predicted octanol–water partition coefficient (Wildman–Crippen LogP) is 1.96. The van der Waals surface area contributed by atoms with Crippen LogP contribution in [0.2, 0.25) is 0 Å². The van der Waals surface area contributed by atoms with Crippen LogP contribution in [0.1, 0.15) is 28.4 Å². The minimum Gasteiger partial charge on any atom is -0.394 e. The number of fused-ring (bicyclic) bond motifs is 1. The minimum absolute atomic E-state index is 0.369. The van der Waals surface area contributed by atoms with Crippen molar-refractivity contribution in [3.05, 3.63) is 70.7 Å². The zero-order valence-corrected chi connectivity index (χ0v) is 16.9. The van der Waals surface area contributed by atoms with E-state index in [0.717, 1.165) is 11.1 Å². The molecule has 3 aromatic rings. The summed E-state index contributed by atoms with van der Waals surface area (Å²) in [5.74, 6) is -0.395. The molecule has 0 spiro atoms. The van der Waals surface area contributed by atoms with Crippen LogP contribution in [0.25, 0.3) is 10.9 Å². The molecule has 0 saturated carbocycles. The summed E-state index contributed by atoms with van der Waals surface area (Å²) in [6.07, 6.45) is -4.71. The molecule has 1 aliphatic heterocycles. The number of aromatic nitrogens is 1. The molecule has 7 heteroatoms. The monoisotopic (exact) mass is 415 g/mol. The first-order valence-electron chi connectivity index (χ1n) is 9.95. The van der Waals surface area contributed by atoms with Crippen molar-refractivity contribution in [2.24, 2.45) is 0 Å². The van der Waals surface area contributed by atoms with Crippen LogP contribution in [-0.4, -0.2) is 56.0 Å². The van der Waals surface area contributed by atoms with Crippen LogP contribution < -0.4 is 0 Å². The molecule has 1 saturated heterocycles. The Morgan fingerprint density at radius 1 is 0.967 bits per heavy atom. The fraction of sp³-hybridized carbons (Fsp3) is 0.391. The smallest absolute Gasteiger partial charge is 0.147 e. The Labute approximate surface area is 173 Å². The Balaban J connectivity index is 1.83. The molecular formula is C23H26FNO5. The molecule has 0 unspecified atom stereocenters. The largest absolute Gasteiger partial charge is 0.394 e. The molecule has 2 aromatic carbocycles. The summed E-state index contributed by atoms with van der Waals surface area (Å²) in [6, 6.07) is 11.2. The van der Waals surface area contributed by atoms with Crippen LogP contribution in [0.3, 0.4) is 0 Å². The van der Waals surface area contributed by atoms with Gasteiger partial charge in [0.2, 0.25) is 0 Å². The Hall–Kier alpha value is -2.29. The summed E-state index contributed by atoms with van der Waals surface area (Å²) in [7, 11) is 0. The first-order valence-corrected chi connectivity index (χ1v) is 9.95. The van der Waals surface area contributed by atoms with E-state index in [1.54, 1.807) is 23.8 Å². The van der Waals surface area contributed by atoms with Gasteiger partial charge in [0.05, 0.1) is 12.1 Å². The van der Waals surface area contributed by atoms with Crippen molar-refractivity contribution in [3.8, 4) is 0 Å². The second kappa shape index (κ2) is 8.09. The first-order chi connectivity index (χ1) is 14.3. The minimum atomic E-state index is -1.49. The van der Waals surface area contributed by atoms with E-state index < -0.39 is 42.9 Å². The van der Waals surface area contributed by atoms with Crippen LogP contribution >= 0.6 is 0 Å². The van der Waals surface area contributed by atoms with Crippen molar-refractivity contribution in [2.45, 2.75) is 50.9 Å². The second-order valence-electron chi connectivity index (χ2n) is 8.09. The molecule has 6 nitrogen and oxygen atoms in total. The summed E-state index contributed by atoms with van der Waals surface area (Å²) in [5, 5.41) is 40.9. The molecule has 0 radical (unpaired) electrons. The topological polar surface area (TPSA) is 95.1 Å². The molecule has 160 valence electrons. The summed E-state index contributed by atoms with van der Waals surface area (Å²) < 4.78 is 22.5. The number of rotatable bonds is 4. The number of aliphatic hydroxyl groups excluding tert-OH is 4. The van der Waals surface area contributed by atoms with Gasteiger partial charge in [-0.1, -0.05) is 29.8 Å². The number of nitrogens with zero attached hydrogens (tertiary/aromatic N) is 1. The lowest BCUT2D eigenvalue weighted by Gasteiger charge is -2.40. The Kier molecular flexibility index (Phi) is 5.65. The van der Waals surface area contributed by atoms with Crippen molar-refractivity contribution in [1.29, 1.82) is 0 Å². The lowest BCUT2D eigenvalue weighted by molar-refractivity contribution is -0.231. The molecule has 4 N–H and O–H groups in total. The molecule has 2 heterocycles. The standard InChI is InChI=1S/C23H26FNO5/c1-12-3-5-14(6-4-12)9-25-10-16(15-7-13(2)8-17(24)19(15)25)23-22(29)21(28)20(27)18(11-26)30-23/h3-8,10,18,20-23,26-29H,9,11H2,1-2H3/t18-,20-,21+,22-,23+/m1/s1. The van der Waals surface area contributed by atoms with E-state index in [4.69, 9.17) is 4.74 Å². The number of ether oxygens (including phenoxy) is 1. The number of aliphatic hydroxyl groups is 4. The van der Waals surface area contributed by atoms with Gasteiger partial charge in [-0.25, -0.2) is 4.39 Å². The maximum atomic E-state index is 15.0. The van der Waals surface area contributed by atoms with E-state index in [9.17, 15) is 24.8 Å². The van der Waals surface area contributed by atoms with Crippen LogP contribution in [0.4, 0.5) is 4.39 Å². The molecule has 0 amide bonds. The van der Waals surface area contributed by atoms with E-state index in [-0.39, 0.29) is 0 Å². The number of halogens is 1. The van der Waals surface area contributed by atoms with Gasteiger partial charge >= 0.3 is 0 Å². The lowest BCUT2D eigenvalue weighted by Crippen LogP contribution is -2.55. The fourth-order valence-electron chi connectivity index (χ4n) is 4.15. The van der Waals surface area contributed by atoms with Crippen LogP contribution in [0, 0.1) is 19.7 Å². The molecular weight excluding hydrogens is 389 g/mol. The SMILES string of the molecule is Cc1ccc(Cn2cc([C@@H]3O[C@H](CO)[C@@H](O)[C@H](O)[C@H]3O)c3cc(C)cc(F)c32)cc1. The highest BCUT2D eigenvalue weighted by Crippen LogP contribution is 2.38. The maximum absolute atomic E-state index is 15.0. The summed E-state index contributed by atoms with van der Waals surface area (Å²) in [6.45, 7) is 3.66. The maximum Gasteiger partial charge on any atom is 0.147 e. The molecule has 1 aliphatic rings. The van der Waals surface area contributed by atoms with E-state index in [1.807, 2.05) is 31.2 Å². The van der Waals surface area contributed by atoms with E-state index >= 15 is 0 Å². The molecule has 1 aromatic heterocycles. The first kappa shape index (κ1) is 21.0. The number of aryl methyl sites for hydroxylation is 2. The van der Waals surface area contributed by atoms with Gasteiger partial charge in [0, 0.05) is 23.7 Å². The third-order valence-electron chi connectivity index (χ3n) is 5.77. The third kappa shape index (κ3) is 3.64. The highest BCUT2D eigenvalue weighted by Gasteiger charge is 2.44. The van der Waals surface area contributed by atoms with Crippen LogP contribution in [-0.2, 0) is 11.3 Å². The van der Waals surface area contributed by atoms with Crippen molar-refractivity contribution in [1.82, 2.24) is 4.57 Å². The highest BCUT2D eigenvalue weighted by atomic mass is 19.1. The zero-order valence-electron chi connectivity index (χ0n) is 16.9. The second-order valence-corrected chi connectivity index (χ2v) is 8.09. The van der Waals surface area contributed by atoms with Gasteiger partial charge < -0.3 is 29.7 Å². The number of benzene rings is 2. The molecule has 0 bridgehead atoms. The average molecular weight is 415 g/mol. The molecule has 0 aliphatic carbocycles. The molecule has 4 rings (SSSR count). The van der Waals surface area contributed by atoms with Gasteiger partial charge in [-0.05, 0) is 37.1 Å². The average Bonchev–Trinajstić information content (AvgIpc) is 3.06. The highest BCUT2D eigenvalue weighted by molar-refractivity contribution is 5.86. The van der Waals surface area contributed by atoms with Crippen molar-refractivity contribution < 1.29 is 29.6 Å². The van der Waals surface area contributed by atoms with Gasteiger partial charge in [0.15, 0.2) is 0 Å². The number of hydrogen-bond donors (Lipinski definition) is 4. The van der Waals surface area contributed by atoms with Gasteiger partial charge in [0.25, 0.3) is 0 Å². The van der Waals surface area contributed by atoms with Gasteiger partial charge in [-0.2, -0.15) is 0 Å². The van der Waals surface area contributed by atoms with E-state index in [2.05, 4.69) is 0 Å². The normalized spacial score (nSPS) is 27.0. The summed E-state index contributed by atoms with van der Waals surface area (Å²) in [5.41, 5.74) is 3.68. The quantitative estimate of drug-likeness (QED) is 0.523. The van der Waals surface area contributed by atoms with Crippen molar-refractivity contribution >= 4 is 10.9 Å². The lowest BCUT2D eigenvalue weighted by atomic mass is 9.91. The van der Waals surface area contributed by atoms with E-state index in [0.29, 0.717) is 28.6 Å². The van der Waals surface area contributed by atoms with Crippen LogP contribution in [0.15, 0.2) is 42.6 Å². The van der Waals surface area contributed by atoms with Gasteiger partial charge in [-0.3, -0.25) is 0 Å². The number of hydrogen-bond acceptors (Lipinski definition) is 5. The zero-order chi connectivity index (χ0) is 21.6. The molecule has 30 heavy (non-hydrogen) atoms.